The third-order valence-electron chi connectivity index (χ3n) is 4.03. The number of Topliss-reactive ketones (excluding diaryl/α,β-unsaturated/α-hetero) is 1. The van der Waals surface area contributed by atoms with Crippen molar-refractivity contribution in [2.45, 2.75) is 26.7 Å². The van der Waals surface area contributed by atoms with Gasteiger partial charge in [-0.15, -0.1) is 0 Å². The summed E-state index contributed by atoms with van der Waals surface area (Å²) in [5.41, 5.74) is 0. The summed E-state index contributed by atoms with van der Waals surface area (Å²) in [6.45, 7) is 10.4. The topological polar surface area (TPSA) is 93.8 Å². The quantitative estimate of drug-likeness (QED) is 0.119. The fourth-order valence-corrected chi connectivity index (χ4v) is 1.69. The van der Waals surface area contributed by atoms with E-state index in [0.29, 0.717) is 33.0 Å². The van der Waals surface area contributed by atoms with Crippen LogP contribution in [0, 0.1) is 14.4 Å². The van der Waals surface area contributed by atoms with Crippen molar-refractivity contribution in [3.8, 4) is 0 Å². The Balaban J connectivity index is -0.0000000808. The van der Waals surface area contributed by atoms with Gasteiger partial charge in [0.05, 0.1) is 54.9 Å². The summed E-state index contributed by atoms with van der Waals surface area (Å²) in [4.78, 5) is 37.9. The Kier molecular flexibility index (Phi) is 46.4. The summed E-state index contributed by atoms with van der Waals surface area (Å²) in [5.74, 6) is -0.175. The van der Waals surface area contributed by atoms with E-state index in [1.54, 1.807) is 6.92 Å². The number of carbonyl (C=O) groups excluding carboxylic acids is 3. The number of quaternary nitrogens is 2. The number of nitrogens with zero attached hydrogens (tertiary/aromatic N) is 4. The Labute approximate surface area is 299 Å². The molecule has 0 aliphatic heterocycles. The molecule has 0 saturated heterocycles. The zero-order valence-corrected chi connectivity index (χ0v) is 33.9. The molecule has 3 amide bonds. The van der Waals surface area contributed by atoms with Crippen molar-refractivity contribution in [3.05, 3.63) is 14.4 Å². The molecule has 0 saturated carbocycles. The average molecular weight is 744 g/mol. The van der Waals surface area contributed by atoms with Gasteiger partial charge in [-0.05, 0) is 35.1 Å². The second kappa shape index (κ2) is 31.1. The van der Waals surface area contributed by atoms with E-state index in [4.69, 9.17) is 0 Å². The first-order chi connectivity index (χ1) is 14.6. The molecule has 0 aliphatic carbocycles. The van der Waals surface area contributed by atoms with Crippen molar-refractivity contribution >= 4 is 17.7 Å². The number of carbonyl (C=O) groups is 3. The minimum absolute atomic E-state index is 0. The molecule has 0 bridgehead atoms. The molecule has 3 N–H and O–H groups in total. The van der Waals surface area contributed by atoms with Gasteiger partial charge in [-0.2, -0.15) is 6.92 Å². The van der Waals surface area contributed by atoms with E-state index >= 15 is 0 Å². The van der Waals surface area contributed by atoms with Gasteiger partial charge in [-0.1, -0.05) is 0 Å². The molecule has 0 heterocycles. The van der Waals surface area contributed by atoms with Gasteiger partial charge in [0.2, 0.25) is 5.91 Å². The Bertz CT molecular complexity index is 532. The van der Waals surface area contributed by atoms with E-state index < -0.39 is 0 Å². The van der Waals surface area contributed by atoms with Gasteiger partial charge in [0.1, 0.15) is 5.78 Å². The summed E-state index contributed by atoms with van der Waals surface area (Å²) in [6.07, 6.45) is 0.435. The number of urea groups is 1. The zero-order chi connectivity index (χ0) is 26.0. The van der Waals surface area contributed by atoms with Crippen LogP contribution in [0.25, 0.3) is 0 Å². The van der Waals surface area contributed by atoms with Crippen LogP contribution in [0.4, 0.5) is 4.79 Å². The number of rotatable bonds is 12. The maximum absolute atomic E-state index is 11.5. The monoisotopic (exact) mass is 744 g/mol. The molecular formula is C23H55N7O3Y3. The zero-order valence-electron chi connectivity index (χ0n) is 25.4. The van der Waals surface area contributed by atoms with Crippen LogP contribution in [-0.2, 0) is 108 Å². The minimum Gasteiger partial charge on any atom is -0.358 e. The number of nitrogens with one attached hydrogen (secondary N) is 3. The Morgan fingerprint density at radius 3 is 1.61 bits per heavy atom. The second-order valence-electron chi connectivity index (χ2n) is 9.65. The van der Waals surface area contributed by atoms with E-state index in [9.17, 15) is 14.4 Å². The van der Waals surface area contributed by atoms with Crippen molar-refractivity contribution in [2.24, 2.45) is 0 Å². The molecule has 0 aliphatic rings. The molecule has 0 rings (SSSR count). The van der Waals surface area contributed by atoms with Crippen LogP contribution in [0.15, 0.2) is 0 Å². The van der Waals surface area contributed by atoms with Crippen LogP contribution < -0.4 is 16.0 Å². The summed E-state index contributed by atoms with van der Waals surface area (Å²) < 4.78 is 1.44. The fourth-order valence-electron chi connectivity index (χ4n) is 1.69. The van der Waals surface area contributed by atoms with Crippen LogP contribution in [0.1, 0.15) is 26.7 Å². The van der Waals surface area contributed by atoms with E-state index in [1.165, 1.54) is 0 Å². The maximum atomic E-state index is 11.5. The first-order valence-electron chi connectivity index (χ1n) is 11.0. The van der Waals surface area contributed by atoms with E-state index in [2.05, 4.69) is 29.8 Å². The van der Waals surface area contributed by atoms with E-state index in [0.717, 1.165) is 15.5 Å². The molecule has 13 heteroatoms. The molecule has 209 valence electrons. The molecule has 3 radical (unpaired) electrons. The second-order valence-corrected chi connectivity index (χ2v) is 9.65. The third kappa shape index (κ3) is 45.5. The van der Waals surface area contributed by atoms with Crippen LogP contribution in [0.2, 0.25) is 0 Å². The molecule has 0 spiro atoms. The van der Waals surface area contributed by atoms with Crippen molar-refractivity contribution in [3.63, 3.8) is 0 Å². The molecule has 0 aromatic heterocycles. The molecule has 0 fully saturated rings. The van der Waals surface area contributed by atoms with Crippen molar-refractivity contribution in [1.29, 1.82) is 0 Å². The summed E-state index contributed by atoms with van der Waals surface area (Å²) in [5, 5.41) is 8.29. The number of hydrogen-bond acceptors (Lipinski definition) is 5. The molecule has 0 unspecified atom stereocenters. The van der Waals surface area contributed by atoms with Crippen LogP contribution >= 0.6 is 0 Å². The smallest absolute Gasteiger partial charge is 0.320 e. The van der Waals surface area contributed by atoms with Gasteiger partial charge in [-0.25, -0.2) is 4.79 Å². The van der Waals surface area contributed by atoms with Gasteiger partial charge in [-0.3, -0.25) is 19.8 Å². The average Bonchev–Trinajstić information content (AvgIpc) is 2.69. The Morgan fingerprint density at radius 2 is 1.25 bits per heavy atom. The van der Waals surface area contributed by atoms with Crippen molar-refractivity contribution in [1.82, 2.24) is 25.8 Å². The number of ketones is 1. The van der Waals surface area contributed by atoms with Crippen LogP contribution in [-0.4, -0.2) is 133 Å². The fraction of sp³-hybridized carbons (Fsp3) is 0.783. The maximum Gasteiger partial charge on any atom is 0.320 e. The van der Waals surface area contributed by atoms with Crippen molar-refractivity contribution < 1.29 is 121 Å². The van der Waals surface area contributed by atoms with E-state index in [-0.39, 0.29) is 130 Å². The van der Waals surface area contributed by atoms with Gasteiger partial charge in [0, 0.05) is 111 Å². The Morgan fingerprint density at radius 1 is 0.778 bits per heavy atom. The van der Waals surface area contributed by atoms with Crippen molar-refractivity contribution in [2.75, 3.05) is 96.5 Å². The van der Waals surface area contributed by atoms with Gasteiger partial charge < -0.3 is 38.8 Å². The normalized spacial score (nSPS) is 9.83. The first-order valence-corrected chi connectivity index (χ1v) is 11.0. The predicted octanol–water partition coefficient (Wildman–Crippen LogP) is 0.819. The van der Waals surface area contributed by atoms with Gasteiger partial charge >= 0.3 is 6.03 Å². The summed E-state index contributed by atoms with van der Waals surface area (Å²) >= 11 is 0. The largest absolute Gasteiger partial charge is 0.358 e. The summed E-state index contributed by atoms with van der Waals surface area (Å²) in [6, 6.07) is -0.123. The molecule has 0 atom stereocenters. The molecular weight excluding hydrogens is 689 g/mol. The summed E-state index contributed by atoms with van der Waals surface area (Å²) in [7, 11) is 17.8. The Hall–Kier alpha value is 1.56. The SMILES string of the molecule is CC[N+](C)(C)CNC(=O)CC(=O)CCN(C)C.CN(C)CNC(=O)NC[N+](C)(C)C.[CH2-]C.[CH3-].[Y].[Y].[Y]. The van der Waals surface area contributed by atoms with Crippen LogP contribution in [0.5, 0.6) is 0 Å². The molecule has 36 heavy (non-hydrogen) atoms. The number of hydrogen-bond donors (Lipinski definition) is 3. The standard InChI is InChI=1S/C12H25N3O2.C8H20N4O.C2H5.CH3.3Y/c1-6-15(4,5)10-13-12(17)9-11(16)7-8-14(2)3;1-11(2)6-9-8(13)10-7-12(3,4)5;1-2;;;;/h6-10H2,1-5H3;6-7H2,1-5H3,(H-,9,10,13);1H2,2H3;1H3;;;/q;;2*-1;;;/p+2. The minimum atomic E-state index is -0.173. The predicted molar refractivity (Wildman–Crippen MR) is 139 cm³/mol. The molecule has 0 aromatic rings. The third-order valence-corrected chi connectivity index (χ3v) is 4.03. The van der Waals surface area contributed by atoms with E-state index in [1.807, 2.05) is 73.2 Å². The van der Waals surface area contributed by atoms with Gasteiger partial charge in [0.25, 0.3) is 0 Å². The molecule has 10 nitrogen and oxygen atoms in total. The molecule has 0 aromatic carbocycles. The first kappa shape index (κ1) is 53.8. The van der Waals surface area contributed by atoms with Crippen LogP contribution in [0.3, 0.4) is 0 Å². The van der Waals surface area contributed by atoms with Gasteiger partial charge in [0.15, 0.2) is 13.3 Å². The number of amides is 3.